The number of rotatable bonds is 2. The van der Waals surface area contributed by atoms with Crippen LogP contribution < -0.4 is 0 Å². The Morgan fingerprint density at radius 3 is 2.16 bits per heavy atom. The smallest absolute Gasteiger partial charge is 0.131 e. The third-order valence-electron chi connectivity index (χ3n) is 3.24. The fourth-order valence-corrected chi connectivity index (χ4v) is 2.45. The van der Waals surface area contributed by atoms with Crippen molar-refractivity contribution in [3.8, 4) is 0 Å². The van der Waals surface area contributed by atoms with E-state index in [0.29, 0.717) is 10.6 Å². The molecule has 0 saturated heterocycles. The van der Waals surface area contributed by atoms with E-state index < -0.39 is 11.4 Å². The summed E-state index contributed by atoms with van der Waals surface area (Å²) in [5.74, 6) is -0.503. The molecule has 0 fully saturated rings. The van der Waals surface area contributed by atoms with Crippen molar-refractivity contribution in [2.75, 3.05) is 0 Å². The normalized spacial score (nSPS) is 14.2. The van der Waals surface area contributed by atoms with Gasteiger partial charge in [0.25, 0.3) is 0 Å². The van der Waals surface area contributed by atoms with Crippen molar-refractivity contribution < 1.29 is 9.50 Å². The highest BCUT2D eigenvalue weighted by atomic mass is 35.5. The molecule has 1 nitrogen and oxygen atoms in total. The van der Waals surface area contributed by atoms with E-state index in [9.17, 15) is 9.50 Å². The highest BCUT2D eigenvalue weighted by Gasteiger charge is 2.29. The molecule has 19 heavy (non-hydrogen) atoms. The Kier molecular flexibility index (Phi) is 3.66. The van der Waals surface area contributed by atoms with Crippen molar-refractivity contribution in [1.82, 2.24) is 0 Å². The van der Waals surface area contributed by atoms with Gasteiger partial charge in [-0.05, 0) is 38.5 Å². The molecular formula is C16H16ClFO. The Bertz CT molecular complexity index is 600. The van der Waals surface area contributed by atoms with Gasteiger partial charge in [-0.2, -0.15) is 0 Å². The number of halogens is 2. The number of benzene rings is 2. The van der Waals surface area contributed by atoms with Gasteiger partial charge >= 0.3 is 0 Å². The third kappa shape index (κ3) is 2.80. The Balaban J connectivity index is 2.57. The summed E-state index contributed by atoms with van der Waals surface area (Å²) in [6.07, 6.45) is 0. The first kappa shape index (κ1) is 14.0. The molecular weight excluding hydrogens is 263 g/mol. The van der Waals surface area contributed by atoms with Crippen molar-refractivity contribution in [3.05, 3.63) is 69.5 Å². The summed E-state index contributed by atoms with van der Waals surface area (Å²) in [6.45, 7) is 5.49. The molecule has 2 aromatic rings. The number of aryl methyl sites for hydroxylation is 2. The molecule has 0 spiro atoms. The molecule has 3 heteroatoms. The Morgan fingerprint density at radius 1 is 1.05 bits per heavy atom. The van der Waals surface area contributed by atoms with E-state index in [1.807, 2.05) is 32.0 Å². The van der Waals surface area contributed by atoms with Gasteiger partial charge in [-0.1, -0.05) is 47.0 Å². The number of aliphatic hydroxyl groups is 1. The molecule has 0 aromatic heterocycles. The van der Waals surface area contributed by atoms with Crippen LogP contribution in [-0.2, 0) is 5.60 Å². The first-order chi connectivity index (χ1) is 8.80. The fraction of sp³-hybridized carbons (Fsp3) is 0.250. The van der Waals surface area contributed by atoms with E-state index in [-0.39, 0.29) is 5.56 Å². The standard InChI is InChI=1S/C16H16ClFO/c1-10-6-11(2)8-12(7-10)16(3,19)14-5-4-13(17)9-15(14)18/h4-9,19H,1-3H3. The monoisotopic (exact) mass is 278 g/mol. The van der Waals surface area contributed by atoms with Crippen molar-refractivity contribution in [1.29, 1.82) is 0 Å². The average molecular weight is 279 g/mol. The van der Waals surface area contributed by atoms with Gasteiger partial charge in [0.15, 0.2) is 0 Å². The largest absolute Gasteiger partial charge is 0.381 e. The maximum atomic E-state index is 14.0. The predicted molar refractivity (Wildman–Crippen MR) is 76.0 cm³/mol. The van der Waals surface area contributed by atoms with Gasteiger partial charge in [0, 0.05) is 10.6 Å². The first-order valence-corrected chi connectivity index (χ1v) is 6.45. The Morgan fingerprint density at radius 2 is 1.63 bits per heavy atom. The average Bonchev–Trinajstić information content (AvgIpc) is 2.26. The topological polar surface area (TPSA) is 20.2 Å². The van der Waals surface area contributed by atoms with E-state index in [2.05, 4.69) is 0 Å². The van der Waals surface area contributed by atoms with Crippen LogP contribution in [0.1, 0.15) is 29.2 Å². The second kappa shape index (κ2) is 4.95. The van der Waals surface area contributed by atoms with Gasteiger partial charge < -0.3 is 5.11 Å². The molecule has 100 valence electrons. The van der Waals surface area contributed by atoms with E-state index in [4.69, 9.17) is 11.6 Å². The van der Waals surface area contributed by atoms with E-state index in [1.54, 1.807) is 13.0 Å². The van der Waals surface area contributed by atoms with Crippen LogP contribution in [-0.4, -0.2) is 5.11 Å². The highest BCUT2D eigenvalue weighted by molar-refractivity contribution is 6.30. The van der Waals surface area contributed by atoms with E-state index >= 15 is 0 Å². The number of hydrogen-bond acceptors (Lipinski definition) is 1. The lowest BCUT2D eigenvalue weighted by Gasteiger charge is -2.26. The van der Waals surface area contributed by atoms with Crippen LogP contribution in [0.2, 0.25) is 5.02 Å². The van der Waals surface area contributed by atoms with Crippen molar-refractivity contribution in [2.24, 2.45) is 0 Å². The third-order valence-corrected chi connectivity index (χ3v) is 3.47. The zero-order valence-electron chi connectivity index (χ0n) is 11.2. The molecule has 0 saturated carbocycles. The maximum Gasteiger partial charge on any atom is 0.131 e. The van der Waals surface area contributed by atoms with Crippen LogP contribution in [0, 0.1) is 19.7 Å². The summed E-state index contributed by atoms with van der Waals surface area (Å²) in [5, 5.41) is 11.0. The molecule has 2 aromatic carbocycles. The second-order valence-corrected chi connectivity index (χ2v) is 5.51. The predicted octanol–water partition coefficient (Wildman–Crippen LogP) is 4.35. The van der Waals surface area contributed by atoms with Gasteiger partial charge in [-0.25, -0.2) is 4.39 Å². The minimum atomic E-state index is -1.38. The first-order valence-electron chi connectivity index (χ1n) is 6.07. The summed E-state index contributed by atoms with van der Waals surface area (Å²) in [6, 6.07) is 10.1. The Labute approximate surface area is 117 Å². The summed E-state index contributed by atoms with van der Waals surface area (Å²) in [5.41, 5.74) is 1.58. The van der Waals surface area contributed by atoms with Gasteiger partial charge in [-0.3, -0.25) is 0 Å². The minimum absolute atomic E-state index is 0.224. The summed E-state index contributed by atoms with van der Waals surface area (Å²) in [7, 11) is 0. The molecule has 0 heterocycles. The molecule has 0 radical (unpaired) electrons. The molecule has 1 N–H and O–H groups in total. The van der Waals surface area contributed by atoms with Crippen molar-refractivity contribution >= 4 is 11.6 Å². The van der Waals surface area contributed by atoms with E-state index in [1.165, 1.54) is 12.1 Å². The summed E-state index contributed by atoms with van der Waals surface area (Å²) < 4.78 is 14.0. The van der Waals surface area contributed by atoms with E-state index in [0.717, 1.165) is 11.1 Å². The van der Waals surface area contributed by atoms with Gasteiger partial charge in [0.2, 0.25) is 0 Å². The molecule has 2 rings (SSSR count). The summed E-state index contributed by atoms with van der Waals surface area (Å²) in [4.78, 5) is 0. The van der Waals surface area contributed by atoms with Gasteiger partial charge in [-0.15, -0.1) is 0 Å². The molecule has 0 aliphatic rings. The van der Waals surface area contributed by atoms with Crippen LogP contribution in [0.5, 0.6) is 0 Å². The lowest BCUT2D eigenvalue weighted by Crippen LogP contribution is -2.24. The van der Waals surface area contributed by atoms with Crippen molar-refractivity contribution in [3.63, 3.8) is 0 Å². The molecule has 0 aliphatic heterocycles. The van der Waals surface area contributed by atoms with Crippen LogP contribution in [0.4, 0.5) is 4.39 Å². The van der Waals surface area contributed by atoms with Crippen LogP contribution in [0.25, 0.3) is 0 Å². The molecule has 1 atom stereocenters. The summed E-state index contributed by atoms with van der Waals surface area (Å²) >= 11 is 5.74. The van der Waals surface area contributed by atoms with Gasteiger partial charge in [0.05, 0.1) is 0 Å². The molecule has 1 unspecified atom stereocenters. The second-order valence-electron chi connectivity index (χ2n) is 5.07. The van der Waals surface area contributed by atoms with Crippen LogP contribution >= 0.6 is 11.6 Å². The fourth-order valence-electron chi connectivity index (χ4n) is 2.30. The molecule has 0 bridgehead atoms. The Hall–Kier alpha value is -1.38. The molecule has 0 aliphatic carbocycles. The lowest BCUT2D eigenvalue weighted by molar-refractivity contribution is 0.0978. The molecule has 0 amide bonds. The minimum Gasteiger partial charge on any atom is -0.381 e. The van der Waals surface area contributed by atoms with Crippen LogP contribution in [0.15, 0.2) is 36.4 Å². The number of hydrogen-bond donors (Lipinski definition) is 1. The lowest BCUT2D eigenvalue weighted by atomic mass is 9.86. The highest BCUT2D eigenvalue weighted by Crippen LogP contribution is 2.33. The quantitative estimate of drug-likeness (QED) is 0.866. The zero-order valence-corrected chi connectivity index (χ0v) is 11.9. The van der Waals surface area contributed by atoms with Crippen molar-refractivity contribution in [2.45, 2.75) is 26.4 Å². The van der Waals surface area contributed by atoms with Gasteiger partial charge in [0.1, 0.15) is 11.4 Å². The maximum absolute atomic E-state index is 14.0. The zero-order chi connectivity index (χ0) is 14.2. The van der Waals surface area contributed by atoms with Crippen LogP contribution in [0.3, 0.4) is 0 Å². The SMILES string of the molecule is Cc1cc(C)cc(C(C)(O)c2ccc(Cl)cc2F)c1.